The maximum absolute atomic E-state index is 11.7. The number of anilines is 1. The summed E-state index contributed by atoms with van der Waals surface area (Å²) in [5, 5.41) is 2.13. The first-order valence-electron chi connectivity index (χ1n) is 7.67. The Morgan fingerprint density at radius 1 is 1.43 bits per heavy atom. The number of nitrogens with two attached hydrogens (primary N) is 1. The van der Waals surface area contributed by atoms with E-state index in [9.17, 15) is 4.79 Å². The Hall–Kier alpha value is -2.18. The van der Waals surface area contributed by atoms with Gasteiger partial charge in [-0.1, -0.05) is 6.07 Å². The molecule has 2 N–H and O–H groups in total. The number of amides is 1. The molecule has 118 valence electrons. The Balaban J connectivity index is 1.85. The van der Waals surface area contributed by atoms with Crippen LogP contribution in [0.5, 0.6) is 0 Å². The number of imidazole rings is 1. The zero-order chi connectivity index (χ0) is 16.1. The monoisotopic (exact) mass is 326 g/mol. The van der Waals surface area contributed by atoms with E-state index in [-0.39, 0.29) is 5.91 Å². The molecule has 6 heteroatoms. The van der Waals surface area contributed by atoms with E-state index < -0.39 is 0 Å². The fourth-order valence-electron chi connectivity index (χ4n) is 3.35. The lowest BCUT2D eigenvalue weighted by molar-refractivity contribution is -0.116. The summed E-state index contributed by atoms with van der Waals surface area (Å²) in [4.78, 5) is 19.1. The predicted molar refractivity (Wildman–Crippen MR) is 92.9 cm³/mol. The molecule has 0 saturated heterocycles. The number of thiazole rings is 1. The van der Waals surface area contributed by atoms with Gasteiger partial charge in [-0.25, -0.2) is 4.98 Å². The summed E-state index contributed by atoms with van der Waals surface area (Å²) >= 11 is 1.63. The second-order valence-electron chi connectivity index (χ2n) is 5.85. The Kier molecular flexibility index (Phi) is 3.25. The van der Waals surface area contributed by atoms with Gasteiger partial charge in [-0.2, -0.15) is 0 Å². The summed E-state index contributed by atoms with van der Waals surface area (Å²) in [6.45, 7) is 4.86. The van der Waals surface area contributed by atoms with Crippen molar-refractivity contribution in [3.05, 3.63) is 40.5 Å². The first-order chi connectivity index (χ1) is 11.1. The lowest BCUT2D eigenvalue weighted by Crippen LogP contribution is -2.25. The van der Waals surface area contributed by atoms with Crippen molar-refractivity contribution in [3.63, 3.8) is 0 Å². The molecule has 0 spiro atoms. The molecule has 0 bridgehead atoms. The first-order valence-corrected chi connectivity index (χ1v) is 8.55. The molecule has 23 heavy (non-hydrogen) atoms. The molecule has 2 aromatic heterocycles. The number of aryl methyl sites for hydroxylation is 1. The number of hydrogen-bond acceptors (Lipinski definition) is 4. The summed E-state index contributed by atoms with van der Waals surface area (Å²) in [6, 6.07) is 6.32. The van der Waals surface area contributed by atoms with Crippen molar-refractivity contribution in [1.29, 1.82) is 0 Å². The van der Waals surface area contributed by atoms with E-state index in [1.807, 2.05) is 11.8 Å². The molecule has 1 aliphatic rings. The van der Waals surface area contributed by atoms with Crippen LogP contribution in [0.15, 0.2) is 23.6 Å². The minimum atomic E-state index is 0.102. The van der Waals surface area contributed by atoms with E-state index in [0.29, 0.717) is 6.54 Å². The minimum Gasteiger partial charge on any atom is -0.325 e. The fourth-order valence-corrected chi connectivity index (χ4v) is 4.31. The molecular formula is C17H18N4OS. The van der Waals surface area contributed by atoms with Gasteiger partial charge in [0.1, 0.15) is 0 Å². The molecule has 0 radical (unpaired) electrons. The third-order valence-corrected chi connectivity index (χ3v) is 5.33. The molecular weight excluding hydrogens is 308 g/mol. The number of aromatic nitrogens is 2. The average Bonchev–Trinajstić information content (AvgIpc) is 3.18. The second-order valence-corrected chi connectivity index (χ2v) is 6.69. The van der Waals surface area contributed by atoms with Crippen LogP contribution < -0.4 is 10.6 Å². The van der Waals surface area contributed by atoms with Gasteiger partial charge in [0, 0.05) is 31.1 Å². The second kappa shape index (κ2) is 5.18. The maximum Gasteiger partial charge on any atom is 0.223 e. The molecule has 4 rings (SSSR count). The van der Waals surface area contributed by atoms with E-state index in [0.717, 1.165) is 46.3 Å². The highest BCUT2D eigenvalue weighted by Crippen LogP contribution is 2.34. The summed E-state index contributed by atoms with van der Waals surface area (Å²) in [5.41, 5.74) is 12.5. The molecule has 0 atom stereocenters. The summed E-state index contributed by atoms with van der Waals surface area (Å²) < 4.78 is 2.15. The summed E-state index contributed by atoms with van der Waals surface area (Å²) in [5.74, 6) is 0.102. The molecule has 3 aromatic rings. The van der Waals surface area contributed by atoms with Gasteiger partial charge in [-0.15, -0.1) is 11.3 Å². The topological polar surface area (TPSA) is 63.6 Å². The molecule has 0 saturated carbocycles. The van der Waals surface area contributed by atoms with Gasteiger partial charge in [0.25, 0.3) is 0 Å². The van der Waals surface area contributed by atoms with Gasteiger partial charge in [0.2, 0.25) is 5.91 Å². The normalized spacial score (nSPS) is 13.8. The zero-order valence-electron chi connectivity index (χ0n) is 13.2. The lowest BCUT2D eigenvalue weighted by atomic mass is 10.1. The number of fused-ring (bicyclic) bond motifs is 2. The predicted octanol–water partition coefficient (Wildman–Crippen LogP) is 2.74. The van der Waals surface area contributed by atoms with Crippen LogP contribution in [0.2, 0.25) is 0 Å². The number of nitrogens with zero attached hydrogens (tertiary/aromatic N) is 3. The molecule has 3 heterocycles. The van der Waals surface area contributed by atoms with Crippen molar-refractivity contribution in [2.24, 2.45) is 5.73 Å². The molecule has 1 amide bonds. The average molecular weight is 326 g/mol. The Morgan fingerprint density at radius 3 is 3.00 bits per heavy atom. The largest absolute Gasteiger partial charge is 0.325 e. The minimum absolute atomic E-state index is 0.102. The highest BCUT2D eigenvalue weighted by Gasteiger charge is 2.23. The fraction of sp³-hybridized carbons (Fsp3) is 0.294. The van der Waals surface area contributed by atoms with Crippen LogP contribution in [0.3, 0.4) is 0 Å². The van der Waals surface area contributed by atoms with Crippen LogP contribution >= 0.6 is 11.3 Å². The molecule has 0 aliphatic carbocycles. The van der Waals surface area contributed by atoms with Crippen LogP contribution in [0.1, 0.15) is 23.9 Å². The van der Waals surface area contributed by atoms with Gasteiger partial charge in [0.05, 0.1) is 17.1 Å². The molecule has 1 aliphatic heterocycles. The maximum atomic E-state index is 11.7. The molecule has 1 aromatic carbocycles. The van der Waals surface area contributed by atoms with Crippen molar-refractivity contribution in [2.75, 3.05) is 11.4 Å². The van der Waals surface area contributed by atoms with Crippen LogP contribution in [-0.2, 0) is 17.8 Å². The van der Waals surface area contributed by atoms with Crippen LogP contribution in [0, 0.1) is 6.92 Å². The van der Waals surface area contributed by atoms with Gasteiger partial charge < -0.3 is 10.6 Å². The van der Waals surface area contributed by atoms with Crippen molar-refractivity contribution in [1.82, 2.24) is 9.38 Å². The van der Waals surface area contributed by atoms with Crippen molar-refractivity contribution in [2.45, 2.75) is 26.8 Å². The van der Waals surface area contributed by atoms with Crippen molar-refractivity contribution in [3.8, 4) is 11.3 Å². The number of benzene rings is 1. The smallest absolute Gasteiger partial charge is 0.223 e. The first kappa shape index (κ1) is 14.4. The Bertz CT molecular complexity index is 924. The molecule has 0 fully saturated rings. The Labute approximate surface area is 138 Å². The van der Waals surface area contributed by atoms with Crippen LogP contribution in [-0.4, -0.2) is 21.8 Å². The van der Waals surface area contributed by atoms with Crippen LogP contribution in [0.25, 0.3) is 16.2 Å². The summed E-state index contributed by atoms with van der Waals surface area (Å²) in [6.07, 6.45) is 0.905. The number of hydrogen-bond donors (Lipinski definition) is 1. The quantitative estimate of drug-likeness (QED) is 0.787. The van der Waals surface area contributed by atoms with Crippen LogP contribution in [0.4, 0.5) is 5.69 Å². The summed E-state index contributed by atoms with van der Waals surface area (Å²) in [7, 11) is 0. The lowest BCUT2D eigenvalue weighted by Gasteiger charge is -2.15. The SMILES string of the molecule is CC(=O)N1CCc2cc(-c3csc4nc(C)c(CN)n34)ccc21. The van der Waals surface area contributed by atoms with E-state index in [1.54, 1.807) is 18.3 Å². The third kappa shape index (κ3) is 2.09. The van der Waals surface area contributed by atoms with E-state index in [1.165, 1.54) is 5.56 Å². The van der Waals surface area contributed by atoms with Crippen molar-refractivity contribution >= 4 is 27.9 Å². The van der Waals surface area contributed by atoms with Crippen molar-refractivity contribution < 1.29 is 4.79 Å². The van der Waals surface area contributed by atoms with Gasteiger partial charge in [-0.3, -0.25) is 9.20 Å². The third-order valence-electron chi connectivity index (χ3n) is 4.50. The molecule has 0 unspecified atom stereocenters. The number of carbonyl (C=O) groups is 1. The number of carbonyl (C=O) groups excluding carboxylic acids is 1. The van der Waals surface area contributed by atoms with E-state index >= 15 is 0 Å². The molecule has 5 nitrogen and oxygen atoms in total. The highest BCUT2D eigenvalue weighted by atomic mass is 32.1. The zero-order valence-corrected chi connectivity index (χ0v) is 14.0. The van der Waals surface area contributed by atoms with Gasteiger partial charge >= 0.3 is 0 Å². The van der Waals surface area contributed by atoms with E-state index in [2.05, 4.69) is 33.0 Å². The Morgan fingerprint density at radius 2 is 2.26 bits per heavy atom. The van der Waals surface area contributed by atoms with Gasteiger partial charge in [-0.05, 0) is 36.6 Å². The highest BCUT2D eigenvalue weighted by molar-refractivity contribution is 7.15. The standard InChI is InChI=1S/C17H18N4OS/c1-10-15(8-18)21-16(9-23-17(21)19-10)12-3-4-14-13(7-12)5-6-20(14)11(2)22/h3-4,7,9H,5-6,8,18H2,1-2H3. The van der Waals surface area contributed by atoms with Gasteiger partial charge in [0.15, 0.2) is 4.96 Å². The number of rotatable bonds is 2. The van der Waals surface area contributed by atoms with E-state index in [4.69, 9.17) is 5.73 Å².